The molecule has 0 fully saturated rings. The molecule has 0 aliphatic heterocycles. The fourth-order valence-electron chi connectivity index (χ4n) is 2.32. The summed E-state index contributed by atoms with van der Waals surface area (Å²) < 4.78 is 81.5. The Balaban J connectivity index is 2.46. The van der Waals surface area contributed by atoms with Crippen molar-refractivity contribution in [2.75, 3.05) is 6.26 Å². The number of hydrogen-bond acceptors (Lipinski definition) is 4. The van der Waals surface area contributed by atoms with Crippen molar-refractivity contribution < 1.29 is 40.6 Å². The van der Waals surface area contributed by atoms with Crippen LogP contribution in [0.2, 0.25) is 0 Å². The average molecular weight is 406 g/mol. The highest BCUT2D eigenvalue weighted by Gasteiger charge is 2.36. The third-order valence-corrected chi connectivity index (χ3v) is 4.68. The zero-order chi connectivity index (χ0) is 20.4. The van der Waals surface area contributed by atoms with Gasteiger partial charge in [0.1, 0.15) is 17.3 Å². The van der Waals surface area contributed by atoms with Crippen molar-refractivity contribution in [2.24, 2.45) is 0 Å². The average Bonchev–Trinajstić information content (AvgIpc) is 2.52. The third-order valence-electron chi connectivity index (χ3n) is 3.52. The molecule has 0 spiro atoms. The monoisotopic (exact) mass is 406 g/mol. The van der Waals surface area contributed by atoms with Gasteiger partial charge in [-0.25, -0.2) is 12.8 Å². The topological polar surface area (TPSA) is 80.7 Å². The number of sulfone groups is 1. The number of aryl methyl sites for hydroxylation is 1. The molecular weight excluding hydrogens is 392 g/mol. The molecule has 0 aliphatic carbocycles. The molecule has 0 radical (unpaired) electrons. The second-order valence-electron chi connectivity index (χ2n) is 5.68. The quantitative estimate of drug-likeness (QED) is 0.732. The van der Waals surface area contributed by atoms with E-state index in [1.165, 1.54) is 6.07 Å². The lowest BCUT2D eigenvalue weighted by Gasteiger charge is -2.15. The highest BCUT2D eigenvalue weighted by Crippen LogP contribution is 2.38. The van der Waals surface area contributed by atoms with Crippen molar-refractivity contribution in [3.05, 3.63) is 53.3 Å². The molecule has 0 unspecified atom stereocenters. The van der Waals surface area contributed by atoms with Crippen molar-refractivity contribution in [2.45, 2.75) is 23.9 Å². The molecule has 0 saturated carbocycles. The number of carbonyl (C=O) groups is 1. The van der Waals surface area contributed by atoms with Crippen LogP contribution in [0.25, 0.3) is 0 Å². The molecule has 146 valence electrons. The largest absolute Gasteiger partial charge is 0.481 e. The Morgan fingerprint density at radius 1 is 1.15 bits per heavy atom. The SMILES string of the molecule is CS(=O)(=O)c1ccc(Oc2cc(F)ccc2CCC(=O)O)cc1C(F)(F)F. The number of ether oxygens (including phenoxy) is 1. The van der Waals surface area contributed by atoms with Gasteiger partial charge in [-0.2, -0.15) is 13.2 Å². The molecule has 2 aromatic carbocycles. The van der Waals surface area contributed by atoms with E-state index in [2.05, 4.69) is 0 Å². The minimum Gasteiger partial charge on any atom is -0.481 e. The predicted octanol–water partition coefficient (Wildman–Crippen LogP) is 4.06. The Bertz CT molecular complexity index is 968. The molecule has 10 heteroatoms. The number of hydrogen-bond donors (Lipinski definition) is 1. The highest BCUT2D eigenvalue weighted by atomic mass is 32.2. The van der Waals surface area contributed by atoms with Gasteiger partial charge in [-0.3, -0.25) is 4.79 Å². The summed E-state index contributed by atoms with van der Waals surface area (Å²) >= 11 is 0. The number of halogens is 4. The molecular formula is C17H14F4O5S. The Morgan fingerprint density at radius 2 is 1.81 bits per heavy atom. The van der Waals surface area contributed by atoms with E-state index in [4.69, 9.17) is 9.84 Å². The maximum Gasteiger partial charge on any atom is 0.417 e. The number of rotatable bonds is 6. The number of carboxylic acids is 1. The summed E-state index contributed by atoms with van der Waals surface area (Å²) in [6.45, 7) is 0. The first-order valence-electron chi connectivity index (χ1n) is 7.47. The predicted molar refractivity (Wildman–Crippen MR) is 87.0 cm³/mol. The van der Waals surface area contributed by atoms with Crippen molar-refractivity contribution >= 4 is 15.8 Å². The van der Waals surface area contributed by atoms with Crippen molar-refractivity contribution in [3.63, 3.8) is 0 Å². The molecule has 0 amide bonds. The van der Waals surface area contributed by atoms with Gasteiger partial charge in [0, 0.05) is 18.7 Å². The van der Waals surface area contributed by atoms with Gasteiger partial charge in [-0.05, 0) is 36.2 Å². The fourth-order valence-corrected chi connectivity index (χ4v) is 3.21. The van der Waals surface area contributed by atoms with E-state index in [0.717, 1.165) is 24.3 Å². The fraction of sp³-hybridized carbons (Fsp3) is 0.235. The maximum atomic E-state index is 13.5. The van der Waals surface area contributed by atoms with Crippen molar-refractivity contribution in [1.82, 2.24) is 0 Å². The highest BCUT2D eigenvalue weighted by molar-refractivity contribution is 7.90. The van der Waals surface area contributed by atoms with E-state index in [9.17, 15) is 30.8 Å². The molecule has 27 heavy (non-hydrogen) atoms. The van der Waals surface area contributed by atoms with Crippen molar-refractivity contribution in [3.8, 4) is 11.5 Å². The molecule has 1 N–H and O–H groups in total. The van der Waals surface area contributed by atoms with E-state index in [0.29, 0.717) is 12.3 Å². The summed E-state index contributed by atoms with van der Waals surface area (Å²) in [6.07, 6.45) is -4.62. The van der Waals surface area contributed by atoms with Gasteiger partial charge in [0.05, 0.1) is 10.5 Å². The molecule has 0 atom stereocenters. The lowest BCUT2D eigenvalue weighted by molar-refractivity contribution is -0.140. The summed E-state index contributed by atoms with van der Waals surface area (Å²) in [5, 5.41) is 8.75. The zero-order valence-electron chi connectivity index (χ0n) is 13.9. The van der Waals surface area contributed by atoms with Crippen LogP contribution in [-0.2, 0) is 27.2 Å². The lowest BCUT2D eigenvalue weighted by atomic mass is 10.1. The summed E-state index contributed by atoms with van der Waals surface area (Å²) in [6, 6.07) is 5.51. The minimum atomic E-state index is -4.95. The van der Waals surface area contributed by atoms with E-state index in [1.807, 2.05) is 0 Å². The number of carboxylic acid groups (broad SMARTS) is 1. The Hall–Kier alpha value is -2.62. The van der Waals surface area contributed by atoms with Crippen molar-refractivity contribution in [1.29, 1.82) is 0 Å². The standard InChI is InChI=1S/C17H14F4O5S/c1-27(24,25)15-6-5-12(9-13(15)17(19,20)21)26-14-8-11(18)4-2-10(14)3-7-16(22)23/h2,4-6,8-9H,3,7H2,1H3,(H,22,23). The summed E-state index contributed by atoms with van der Waals surface area (Å²) in [7, 11) is -4.14. The van der Waals surface area contributed by atoms with Crippen LogP contribution in [0.15, 0.2) is 41.3 Å². The normalized spacial score (nSPS) is 12.0. The molecule has 2 rings (SSSR count). The van der Waals surface area contributed by atoms with Crippen LogP contribution >= 0.6 is 0 Å². The van der Waals surface area contributed by atoms with Crippen LogP contribution < -0.4 is 4.74 Å². The van der Waals surface area contributed by atoms with E-state index in [1.54, 1.807) is 0 Å². The summed E-state index contributed by atoms with van der Waals surface area (Å²) in [5.74, 6) is -2.36. The Morgan fingerprint density at radius 3 is 2.37 bits per heavy atom. The van der Waals surface area contributed by atoms with E-state index < -0.39 is 38.3 Å². The number of alkyl halides is 3. The molecule has 5 nitrogen and oxygen atoms in total. The van der Waals surface area contributed by atoms with Crippen LogP contribution in [0.4, 0.5) is 17.6 Å². The summed E-state index contributed by atoms with van der Waals surface area (Å²) in [5.41, 5.74) is -1.13. The van der Waals surface area contributed by atoms with Crippen LogP contribution in [0.5, 0.6) is 11.5 Å². The second-order valence-corrected chi connectivity index (χ2v) is 7.66. The lowest BCUT2D eigenvalue weighted by Crippen LogP contribution is -2.12. The molecule has 2 aromatic rings. The zero-order valence-corrected chi connectivity index (χ0v) is 14.7. The van der Waals surface area contributed by atoms with Gasteiger partial charge in [-0.1, -0.05) is 6.07 Å². The van der Waals surface area contributed by atoms with Gasteiger partial charge >= 0.3 is 12.1 Å². The maximum absolute atomic E-state index is 13.5. The van der Waals surface area contributed by atoms with Crippen LogP contribution in [0, 0.1) is 5.82 Å². The molecule has 0 aliphatic rings. The Labute approximate surface area is 152 Å². The molecule has 0 saturated heterocycles. The molecule has 0 heterocycles. The van der Waals surface area contributed by atoms with Crippen LogP contribution in [0.1, 0.15) is 17.5 Å². The first kappa shape index (κ1) is 20.7. The smallest absolute Gasteiger partial charge is 0.417 e. The van der Waals surface area contributed by atoms with E-state index in [-0.39, 0.29) is 29.9 Å². The minimum absolute atomic E-state index is 0.0293. The van der Waals surface area contributed by atoms with Gasteiger partial charge in [0.25, 0.3) is 0 Å². The number of benzene rings is 2. The molecule has 0 aromatic heterocycles. The third kappa shape index (κ3) is 5.43. The van der Waals surface area contributed by atoms with E-state index >= 15 is 0 Å². The summed E-state index contributed by atoms with van der Waals surface area (Å²) in [4.78, 5) is 9.79. The number of aliphatic carboxylic acids is 1. The van der Waals surface area contributed by atoms with Gasteiger partial charge in [-0.15, -0.1) is 0 Å². The van der Waals surface area contributed by atoms with Gasteiger partial charge < -0.3 is 9.84 Å². The Kier molecular flexibility index (Phi) is 5.79. The molecule has 0 bridgehead atoms. The van der Waals surface area contributed by atoms with Gasteiger partial charge in [0.2, 0.25) is 0 Å². The second kappa shape index (κ2) is 7.55. The van der Waals surface area contributed by atoms with Gasteiger partial charge in [0.15, 0.2) is 9.84 Å². The van der Waals surface area contributed by atoms with Crippen LogP contribution in [-0.4, -0.2) is 25.7 Å². The first-order chi connectivity index (χ1) is 12.4. The first-order valence-corrected chi connectivity index (χ1v) is 9.36. The van der Waals surface area contributed by atoms with Crippen LogP contribution in [0.3, 0.4) is 0 Å².